The molecule has 0 saturated carbocycles. The number of ether oxygens (including phenoxy) is 2. The fourth-order valence-electron chi connectivity index (χ4n) is 4.24. The molecule has 1 amide bonds. The number of carbonyl (C=O) groups is 1. The standard InChI is InChI=1S/C26H31FN4O3/c1-18(2)24(30-11-13-34-14-12-30)16-28-26(32)23-17-31(21-9-7-20(27)8-10-21)29-25(23)19-5-4-6-22(15-19)33-3/h4-10,15,17-18,24H,11-14,16H2,1-3H3,(H,28,32)/t24-/m1/s1. The molecular weight excluding hydrogens is 435 g/mol. The molecule has 0 aliphatic carbocycles. The molecule has 0 spiro atoms. The van der Waals surface area contributed by atoms with Crippen molar-refractivity contribution in [3.05, 3.63) is 66.1 Å². The zero-order valence-corrected chi connectivity index (χ0v) is 19.8. The van der Waals surface area contributed by atoms with Crippen LogP contribution in [0.25, 0.3) is 16.9 Å². The Labute approximate surface area is 199 Å². The monoisotopic (exact) mass is 466 g/mol. The third-order valence-electron chi connectivity index (χ3n) is 6.15. The molecule has 1 atom stereocenters. The molecule has 7 nitrogen and oxygen atoms in total. The normalized spacial score (nSPS) is 15.3. The molecule has 2 aromatic carbocycles. The molecule has 1 aliphatic rings. The van der Waals surface area contributed by atoms with Crippen LogP contribution in [0.4, 0.5) is 4.39 Å². The summed E-state index contributed by atoms with van der Waals surface area (Å²) in [5, 5.41) is 7.80. The van der Waals surface area contributed by atoms with Crippen molar-refractivity contribution >= 4 is 5.91 Å². The van der Waals surface area contributed by atoms with E-state index in [0.29, 0.717) is 48.4 Å². The number of carbonyl (C=O) groups excluding carboxylic acids is 1. The van der Waals surface area contributed by atoms with E-state index >= 15 is 0 Å². The summed E-state index contributed by atoms with van der Waals surface area (Å²) in [6.07, 6.45) is 1.69. The first-order chi connectivity index (χ1) is 16.5. The van der Waals surface area contributed by atoms with Crippen molar-refractivity contribution in [1.29, 1.82) is 0 Å². The molecule has 0 unspecified atom stereocenters. The lowest BCUT2D eigenvalue weighted by molar-refractivity contribution is 0.00673. The summed E-state index contributed by atoms with van der Waals surface area (Å²) in [4.78, 5) is 15.8. The minimum Gasteiger partial charge on any atom is -0.497 e. The Balaban J connectivity index is 1.63. The highest BCUT2D eigenvalue weighted by Gasteiger charge is 2.26. The Bertz CT molecular complexity index is 1110. The van der Waals surface area contributed by atoms with Crippen LogP contribution in [0.3, 0.4) is 0 Å². The number of rotatable bonds is 8. The first-order valence-electron chi connectivity index (χ1n) is 11.6. The largest absolute Gasteiger partial charge is 0.497 e. The van der Waals surface area contributed by atoms with E-state index in [2.05, 4.69) is 29.2 Å². The molecule has 2 heterocycles. The van der Waals surface area contributed by atoms with Crippen LogP contribution in [0.2, 0.25) is 0 Å². The van der Waals surface area contributed by atoms with E-state index in [4.69, 9.17) is 9.47 Å². The minimum atomic E-state index is -0.329. The zero-order chi connectivity index (χ0) is 24.1. The zero-order valence-electron chi connectivity index (χ0n) is 19.8. The number of halogens is 1. The molecule has 8 heteroatoms. The summed E-state index contributed by atoms with van der Waals surface area (Å²) >= 11 is 0. The molecule has 0 radical (unpaired) electrons. The number of aromatic nitrogens is 2. The van der Waals surface area contributed by atoms with Crippen molar-refractivity contribution in [3.8, 4) is 22.7 Å². The fourth-order valence-corrected chi connectivity index (χ4v) is 4.24. The number of amides is 1. The molecule has 3 aromatic rings. The number of methoxy groups -OCH3 is 1. The Hall–Kier alpha value is -3.23. The van der Waals surface area contributed by atoms with Gasteiger partial charge in [0.25, 0.3) is 5.91 Å². The van der Waals surface area contributed by atoms with Crippen molar-refractivity contribution in [2.24, 2.45) is 5.92 Å². The number of benzene rings is 2. The van der Waals surface area contributed by atoms with Gasteiger partial charge in [0.1, 0.15) is 17.3 Å². The third-order valence-corrected chi connectivity index (χ3v) is 6.15. The van der Waals surface area contributed by atoms with Crippen LogP contribution in [0, 0.1) is 11.7 Å². The Morgan fingerprint density at radius 2 is 1.91 bits per heavy atom. The Kier molecular flexibility index (Phi) is 7.59. The van der Waals surface area contributed by atoms with Gasteiger partial charge in [-0.25, -0.2) is 9.07 Å². The maximum atomic E-state index is 13.4. The van der Waals surface area contributed by atoms with E-state index in [-0.39, 0.29) is 17.8 Å². The van der Waals surface area contributed by atoms with Crippen LogP contribution in [0.1, 0.15) is 24.2 Å². The quantitative estimate of drug-likeness (QED) is 0.547. The van der Waals surface area contributed by atoms with Gasteiger partial charge < -0.3 is 14.8 Å². The SMILES string of the molecule is COc1cccc(-c2nn(-c3ccc(F)cc3)cc2C(=O)NC[C@H](C(C)C)N2CCOCC2)c1. The number of hydrogen-bond acceptors (Lipinski definition) is 5. The highest BCUT2D eigenvalue weighted by atomic mass is 19.1. The highest BCUT2D eigenvalue weighted by Crippen LogP contribution is 2.27. The second-order valence-electron chi connectivity index (χ2n) is 8.71. The molecule has 1 aliphatic heterocycles. The highest BCUT2D eigenvalue weighted by molar-refractivity contribution is 6.00. The van der Waals surface area contributed by atoms with Crippen molar-refractivity contribution in [3.63, 3.8) is 0 Å². The first-order valence-corrected chi connectivity index (χ1v) is 11.6. The van der Waals surface area contributed by atoms with Gasteiger partial charge in [-0.1, -0.05) is 26.0 Å². The van der Waals surface area contributed by atoms with Crippen LogP contribution < -0.4 is 10.1 Å². The van der Waals surface area contributed by atoms with E-state index in [9.17, 15) is 9.18 Å². The number of hydrogen-bond donors (Lipinski definition) is 1. The van der Waals surface area contributed by atoms with Gasteiger partial charge in [-0.15, -0.1) is 0 Å². The lowest BCUT2D eigenvalue weighted by Gasteiger charge is -2.36. The number of nitrogens with one attached hydrogen (secondary N) is 1. The van der Waals surface area contributed by atoms with Crippen LogP contribution in [0.15, 0.2) is 54.7 Å². The van der Waals surface area contributed by atoms with E-state index in [1.54, 1.807) is 30.1 Å². The molecule has 34 heavy (non-hydrogen) atoms. The summed E-state index contributed by atoms with van der Waals surface area (Å²) in [5.41, 5.74) is 2.41. The topological polar surface area (TPSA) is 68.6 Å². The molecule has 1 aromatic heterocycles. The second kappa shape index (κ2) is 10.8. The Morgan fingerprint density at radius 3 is 2.59 bits per heavy atom. The number of morpholine rings is 1. The van der Waals surface area contributed by atoms with E-state index in [1.165, 1.54) is 12.1 Å². The van der Waals surface area contributed by atoms with Gasteiger partial charge in [0.15, 0.2) is 0 Å². The molecule has 1 fully saturated rings. The van der Waals surface area contributed by atoms with Crippen molar-refractivity contribution < 1.29 is 18.7 Å². The van der Waals surface area contributed by atoms with Gasteiger partial charge in [0.2, 0.25) is 0 Å². The van der Waals surface area contributed by atoms with E-state index in [0.717, 1.165) is 18.7 Å². The minimum absolute atomic E-state index is 0.204. The lowest BCUT2D eigenvalue weighted by atomic mass is 10.0. The van der Waals surface area contributed by atoms with Gasteiger partial charge in [-0.2, -0.15) is 5.10 Å². The van der Waals surface area contributed by atoms with Crippen LogP contribution in [-0.4, -0.2) is 66.6 Å². The lowest BCUT2D eigenvalue weighted by Crippen LogP contribution is -2.51. The second-order valence-corrected chi connectivity index (χ2v) is 8.71. The van der Waals surface area contributed by atoms with Gasteiger partial charge >= 0.3 is 0 Å². The summed E-state index contributed by atoms with van der Waals surface area (Å²) in [6, 6.07) is 13.7. The van der Waals surface area contributed by atoms with Crippen molar-refractivity contribution in [2.45, 2.75) is 19.9 Å². The van der Waals surface area contributed by atoms with Crippen LogP contribution >= 0.6 is 0 Å². The molecule has 1 N–H and O–H groups in total. The van der Waals surface area contributed by atoms with Crippen molar-refractivity contribution in [1.82, 2.24) is 20.0 Å². The third kappa shape index (κ3) is 5.46. The summed E-state index contributed by atoms with van der Waals surface area (Å²) < 4.78 is 25.9. The molecule has 4 rings (SSSR count). The van der Waals surface area contributed by atoms with Crippen molar-refractivity contribution in [2.75, 3.05) is 40.0 Å². The Morgan fingerprint density at radius 1 is 1.18 bits per heavy atom. The molecule has 0 bridgehead atoms. The van der Waals surface area contributed by atoms with Crippen LogP contribution in [0.5, 0.6) is 5.75 Å². The average Bonchev–Trinajstić information content (AvgIpc) is 3.31. The van der Waals surface area contributed by atoms with E-state index in [1.807, 2.05) is 24.3 Å². The summed E-state index contributed by atoms with van der Waals surface area (Å²) in [5.74, 6) is 0.514. The van der Waals surface area contributed by atoms with Gasteiger partial charge in [-0.3, -0.25) is 9.69 Å². The predicted octanol–water partition coefficient (Wildman–Crippen LogP) is 3.77. The van der Waals surface area contributed by atoms with E-state index < -0.39 is 0 Å². The maximum Gasteiger partial charge on any atom is 0.255 e. The van der Waals surface area contributed by atoms with Gasteiger partial charge in [-0.05, 0) is 42.3 Å². The molecule has 1 saturated heterocycles. The first kappa shape index (κ1) is 23.9. The van der Waals surface area contributed by atoms with Gasteiger partial charge in [0.05, 0.1) is 31.6 Å². The predicted molar refractivity (Wildman–Crippen MR) is 129 cm³/mol. The number of nitrogens with zero attached hydrogens (tertiary/aromatic N) is 3. The summed E-state index contributed by atoms with van der Waals surface area (Å²) in [6.45, 7) is 7.99. The molecule has 180 valence electrons. The fraction of sp³-hybridized carbons (Fsp3) is 0.385. The smallest absolute Gasteiger partial charge is 0.255 e. The van der Waals surface area contributed by atoms with Gasteiger partial charge in [0, 0.05) is 37.4 Å². The maximum absolute atomic E-state index is 13.4. The van der Waals surface area contributed by atoms with Crippen LogP contribution in [-0.2, 0) is 4.74 Å². The molecular formula is C26H31FN4O3. The average molecular weight is 467 g/mol. The summed E-state index contributed by atoms with van der Waals surface area (Å²) in [7, 11) is 1.60.